The second-order valence-corrected chi connectivity index (χ2v) is 7.62. The summed E-state index contributed by atoms with van der Waals surface area (Å²) >= 11 is 1.51. The second-order valence-electron chi connectivity index (χ2n) is 5.77. The molecule has 0 saturated heterocycles. The molecule has 0 aromatic heterocycles. The Morgan fingerprint density at radius 2 is 1.12 bits per heavy atom. The fourth-order valence-electron chi connectivity index (χ4n) is 1.89. The van der Waals surface area contributed by atoms with Gasteiger partial charge in [0.15, 0.2) is 0 Å². The number of aryl methyl sites for hydroxylation is 4. The Morgan fingerprint density at radius 3 is 1.28 bits per heavy atom. The normalized spacial score (nSPS) is 8.60. The number of halogens is 2. The van der Waals surface area contributed by atoms with E-state index < -0.39 is 0 Å². The molecule has 0 heterocycles. The van der Waals surface area contributed by atoms with Crippen molar-refractivity contribution < 1.29 is 49.0 Å². The first-order valence-electron chi connectivity index (χ1n) is 7.90. The smallest absolute Gasteiger partial charge is 0.0632 e. The fraction of sp³-hybridized carbons (Fsp3) is 0.227. The predicted molar refractivity (Wildman–Crippen MR) is 99.2 cm³/mol. The largest absolute Gasteiger partial charge is 1.00 e. The van der Waals surface area contributed by atoms with Crippen LogP contribution in [-0.4, -0.2) is 3.21 Å². The Balaban J connectivity index is 0. The average molecular weight is 453 g/mol. The molecular formula is C22H26Cl2Zr-2. The molecule has 3 aromatic carbocycles. The maximum absolute atomic E-state index is 2.16. The Hall–Kier alpha value is -0.747. The minimum absolute atomic E-state index is 0. The van der Waals surface area contributed by atoms with Gasteiger partial charge in [-0.05, 0) is 0 Å². The molecule has 0 saturated carbocycles. The minimum Gasteiger partial charge on any atom is -1.00 e. The molecule has 0 spiro atoms. The van der Waals surface area contributed by atoms with Gasteiger partial charge >= 0.3 is 70.3 Å². The van der Waals surface area contributed by atoms with Crippen molar-refractivity contribution in [2.45, 2.75) is 34.6 Å². The van der Waals surface area contributed by atoms with Gasteiger partial charge in [0.25, 0.3) is 0 Å². The topological polar surface area (TPSA) is 0 Å². The van der Waals surface area contributed by atoms with Crippen molar-refractivity contribution in [2.24, 2.45) is 0 Å². The molecule has 3 heteroatoms. The minimum atomic E-state index is 0. The Bertz CT molecular complexity index is 637. The van der Waals surface area contributed by atoms with Crippen LogP contribution in [0.3, 0.4) is 0 Å². The first kappa shape index (κ1) is 26.5. The average Bonchev–Trinajstić information content (AvgIpc) is 3.10. The Kier molecular flexibility index (Phi) is 15.3. The molecule has 3 rings (SSSR count). The third-order valence-electron chi connectivity index (χ3n) is 3.84. The van der Waals surface area contributed by atoms with Crippen molar-refractivity contribution >= 4 is 3.21 Å². The molecular weight excluding hydrogens is 426 g/mol. The van der Waals surface area contributed by atoms with E-state index in [9.17, 15) is 0 Å². The standard InChI is InChI=1S/C8H8.2C7H9.2ClH.Zr/c1-2-8-6-4-3-5-7-8;2*1-6-4-3-5-7(6)2;;;/h3-7H,1H3;2*3-5H,1-2H3;2*1H;/q;2*-1;;;+2/p-2. The van der Waals surface area contributed by atoms with E-state index in [1.807, 2.05) is 6.07 Å². The number of benzene rings is 1. The number of rotatable bonds is 1. The van der Waals surface area contributed by atoms with E-state index in [0.29, 0.717) is 0 Å². The van der Waals surface area contributed by atoms with Gasteiger partial charge in [-0.3, -0.25) is 0 Å². The maximum atomic E-state index is 2.16. The van der Waals surface area contributed by atoms with Crippen LogP contribution < -0.4 is 24.8 Å². The molecule has 0 N–H and O–H groups in total. The van der Waals surface area contributed by atoms with Crippen molar-refractivity contribution in [1.29, 1.82) is 0 Å². The van der Waals surface area contributed by atoms with Crippen LogP contribution in [0.2, 0.25) is 0 Å². The van der Waals surface area contributed by atoms with E-state index in [1.54, 1.807) is 0 Å². The van der Waals surface area contributed by atoms with E-state index in [-0.39, 0.29) is 24.8 Å². The monoisotopic (exact) mass is 450 g/mol. The SMILES string of the molecule is C[C](=[Zr+2])c1ccccc1.Cc1cc[cH-]c1C.Cc1cc[cH-]c1C.[Cl-].[Cl-]. The summed E-state index contributed by atoms with van der Waals surface area (Å²) in [5.74, 6) is 0. The van der Waals surface area contributed by atoms with E-state index in [4.69, 9.17) is 0 Å². The van der Waals surface area contributed by atoms with Crippen molar-refractivity contribution in [3.63, 3.8) is 0 Å². The first-order chi connectivity index (χ1) is 10.9. The van der Waals surface area contributed by atoms with Gasteiger partial charge in [0.1, 0.15) is 0 Å². The molecule has 0 atom stereocenters. The van der Waals surface area contributed by atoms with Gasteiger partial charge in [-0.1, -0.05) is 27.7 Å². The summed E-state index contributed by atoms with van der Waals surface area (Å²) in [4.78, 5) is 0. The van der Waals surface area contributed by atoms with Gasteiger partial charge in [0.05, 0.1) is 0 Å². The second kappa shape index (κ2) is 14.4. The van der Waals surface area contributed by atoms with Gasteiger partial charge in [-0.15, -0.1) is 0 Å². The molecule has 3 aromatic rings. The van der Waals surface area contributed by atoms with Crippen LogP contribution in [0.15, 0.2) is 66.7 Å². The van der Waals surface area contributed by atoms with Crippen molar-refractivity contribution in [3.8, 4) is 0 Å². The fourth-order valence-corrected chi connectivity index (χ4v) is 2.30. The van der Waals surface area contributed by atoms with Crippen LogP contribution in [0.4, 0.5) is 0 Å². The summed E-state index contributed by atoms with van der Waals surface area (Å²) in [5.41, 5.74) is 6.93. The summed E-state index contributed by atoms with van der Waals surface area (Å²) in [7, 11) is 0. The van der Waals surface area contributed by atoms with E-state index in [1.165, 1.54) is 55.3 Å². The molecule has 0 fully saturated rings. The van der Waals surface area contributed by atoms with Gasteiger partial charge in [0.2, 0.25) is 0 Å². The predicted octanol–water partition coefficient (Wildman–Crippen LogP) is -0.174. The molecule has 0 radical (unpaired) electrons. The van der Waals surface area contributed by atoms with Crippen LogP contribution in [0.25, 0.3) is 0 Å². The van der Waals surface area contributed by atoms with Gasteiger partial charge in [0, 0.05) is 0 Å². The molecule has 0 aliphatic carbocycles. The van der Waals surface area contributed by atoms with Crippen LogP contribution in [0, 0.1) is 27.7 Å². The van der Waals surface area contributed by atoms with Gasteiger partial charge in [-0.25, -0.2) is 12.1 Å². The van der Waals surface area contributed by atoms with Crippen LogP contribution in [0.1, 0.15) is 34.7 Å². The van der Waals surface area contributed by atoms with Crippen LogP contribution in [0.5, 0.6) is 0 Å². The molecule has 0 amide bonds. The Labute approximate surface area is 180 Å². The quantitative estimate of drug-likeness (QED) is 0.450. The van der Waals surface area contributed by atoms with Crippen molar-refractivity contribution in [3.05, 3.63) is 94.5 Å². The molecule has 134 valence electrons. The molecule has 0 bridgehead atoms. The molecule has 0 unspecified atom stereocenters. The third kappa shape index (κ3) is 10.8. The summed E-state index contributed by atoms with van der Waals surface area (Å²) < 4.78 is 1.46. The van der Waals surface area contributed by atoms with E-state index >= 15 is 0 Å². The summed E-state index contributed by atoms with van der Waals surface area (Å²) in [6, 6.07) is 23.1. The van der Waals surface area contributed by atoms with Crippen LogP contribution in [-0.2, 0) is 24.2 Å². The van der Waals surface area contributed by atoms with E-state index in [2.05, 4.69) is 95.3 Å². The summed E-state index contributed by atoms with van der Waals surface area (Å²) in [5, 5.41) is 0. The van der Waals surface area contributed by atoms with Crippen LogP contribution >= 0.6 is 0 Å². The zero-order valence-electron chi connectivity index (χ0n) is 15.6. The zero-order chi connectivity index (χ0) is 17.2. The number of hydrogen-bond donors (Lipinski definition) is 0. The van der Waals surface area contributed by atoms with Crippen molar-refractivity contribution in [1.82, 2.24) is 0 Å². The van der Waals surface area contributed by atoms with E-state index in [0.717, 1.165) is 0 Å². The first-order valence-corrected chi connectivity index (χ1v) is 9.13. The zero-order valence-corrected chi connectivity index (χ0v) is 19.6. The molecule has 0 aliphatic heterocycles. The maximum Gasteiger partial charge on any atom is -0.0632 e. The Morgan fingerprint density at radius 1 is 0.720 bits per heavy atom. The van der Waals surface area contributed by atoms with Gasteiger partial charge in [-0.2, -0.15) is 46.5 Å². The third-order valence-corrected chi connectivity index (χ3v) is 4.55. The number of hydrogen-bond acceptors (Lipinski definition) is 0. The molecule has 25 heavy (non-hydrogen) atoms. The van der Waals surface area contributed by atoms with Crippen molar-refractivity contribution in [2.75, 3.05) is 0 Å². The molecule has 0 nitrogen and oxygen atoms in total. The molecule has 0 aliphatic rings. The summed E-state index contributed by atoms with van der Waals surface area (Å²) in [6.07, 6.45) is 0. The van der Waals surface area contributed by atoms with Gasteiger partial charge < -0.3 is 24.8 Å². The summed E-state index contributed by atoms with van der Waals surface area (Å²) in [6.45, 7) is 10.6.